The molecule has 0 radical (unpaired) electrons. The van der Waals surface area contributed by atoms with Crippen LogP contribution in [-0.4, -0.2) is 26.2 Å². The van der Waals surface area contributed by atoms with Crippen molar-refractivity contribution in [1.82, 2.24) is 5.32 Å². The van der Waals surface area contributed by atoms with Gasteiger partial charge in [-0.2, -0.15) is 5.26 Å². The lowest BCUT2D eigenvalue weighted by atomic mass is 10.1. The van der Waals surface area contributed by atoms with Crippen molar-refractivity contribution in [1.29, 1.82) is 5.26 Å². The molecular weight excluding hydrogens is 266 g/mol. The third kappa shape index (κ3) is 2.21. The van der Waals surface area contributed by atoms with Crippen LogP contribution in [0.2, 0.25) is 0 Å². The normalized spacial score (nSPS) is 19.4. The van der Waals surface area contributed by atoms with Crippen LogP contribution in [0.25, 0.3) is 0 Å². The second-order valence-corrected chi connectivity index (χ2v) is 4.89. The fourth-order valence-corrected chi connectivity index (χ4v) is 2.69. The van der Waals surface area contributed by atoms with Crippen molar-refractivity contribution < 1.29 is 0 Å². The standard InChI is InChI=1S/C12H14BrN3/c1-16(10-4-5-15-8-10)12-3-2-9(7-14)6-11(12)13/h2-3,6,10,15H,4-5,8H2,1H3. The number of halogens is 1. The largest absolute Gasteiger partial charge is 0.369 e. The lowest BCUT2D eigenvalue weighted by molar-refractivity contribution is 0.684. The molecule has 0 aliphatic carbocycles. The van der Waals surface area contributed by atoms with E-state index in [2.05, 4.69) is 39.3 Å². The maximum atomic E-state index is 8.81. The molecule has 1 heterocycles. The Morgan fingerprint density at radius 3 is 2.94 bits per heavy atom. The molecule has 1 atom stereocenters. The molecule has 1 fully saturated rings. The van der Waals surface area contributed by atoms with E-state index < -0.39 is 0 Å². The van der Waals surface area contributed by atoms with Gasteiger partial charge in [-0.1, -0.05) is 0 Å². The van der Waals surface area contributed by atoms with Crippen molar-refractivity contribution >= 4 is 21.6 Å². The summed E-state index contributed by atoms with van der Waals surface area (Å²) in [5, 5.41) is 12.2. The average Bonchev–Trinajstić information content (AvgIpc) is 2.81. The summed E-state index contributed by atoms with van der Waals surface area (Å²) in [4.78, 5) is 2.27. The summed E-state index contributed by atoms with van der Waals surface area (Å²) < 4.78 is 0.987. The minimum absolute atomic E-state index is 0.546. The van der Waals surface area contributed by atoms with Crippen LogP contribution in [0, 0.1) is 11.3 Å². The van der Waals surface area contributed by atoms with Crippen LogP contribution in [0.5, 0.6) is 0 Å². The fraction of sp³-hybridized carbons (Fsp3) is 0.417. The summed E-state index contributed by atoms with van der Waals surface area (Å²) in [7, 11) is 2.10. The Balaban J connectivity index is 2.23. The van der Waals surface area contributed by atoms with Crippen LogP contribution in [-0.2, 0) is 0 Å². The molecule has 0 spiro atoms. The molecule has 3 nitrogen and oxygen atoms in total. The van der Waals surface area contributed by atoms with Gasteiger partial charge in [-0.15, -0.1) is 0 Å². The lowest BCUT2D eigenvalue weighted by Gasteiger charge is -2.27. The smallest absolute Gasteiger partial charge is 0.0992 e. The Morgan fingerprint density at radius 2 is 2.38 bits per heavy atom. The van der Waals surface area contributed by atoms with E-state index in [4.69, 9.17) is 5.26 Å². The summed E-state index contributed by atoms with van der Waals surface area (Å²) >= 11 is 3.52. The molecule has 0 saturated carbocycles. The van der Waals surface area contributed by atoms with E-state index in [1.807, 2.05) is 18.2 Å². The van der Waals surface area contributed by atoms with E-state index in [0.29, 0.717) is 11.6 Å². The third-order valence-corrected chi connectivity index (χ3v) is 3.67. The van der Waals surface area contributed by atoms with Gasteiger partial charge in [0.2, 0.25) is 0 Å². The van der Waals surface area contributed by atoms with Gasteiger partial charge >= 0.3 is 0 Å². The van der Waals surface area contributed by atoms with E-state index >= 15 is 0 Å². The van der Waals surface area contributed by atoms with E-state index in [1.54, 1.807) is 0 Å². The third-order valence-electron chi connectivity index (χ3n) is 3.04. The van der Waals surface area contributed by atoms with Gasteiger partial charge in [0.05, 0.1) is 17.3 Å². The van der Waals surface area contributed by atoms with Crippen molar-refractivity contribution in [3.8, 4) is 6.07 Å². The summed E-state index contributed by atoms with van der Waals surface area (Å²) in [6.45, 7) is 2.12. The molecule has 1 aromatic carbocycles. The van der Waals surface area contributed by atoms with Gasteiger partial charge in [0.1, 0.15) is 0 Å². The number of benzene rings is 1. The summed E-state index contributed by atoms with van der Waals surface area (Å²) in [5.74, 6) is 0. The molecule has 16 heavy (non-hydrogen) atoms. The van der Waals surface area contributed by atoms with Gasteiger partial charge in [-0.05, 0) is 47.1 Å². The minimum atomic E-state index is 0.546. The highest BCUT2D eigenvalue weighted by atomic mass is 79.9. The van der Waals surface area contributed by atoms with Crippen LogP contribution >= 0.6 is 15.9 Å². The molecule has 1 aliphatic rings. The van der Waals surface area contributed by atoms with Gasteiger partial charge in [0, 0.05) is 24.1 Å². The Morgan fingerprint density at radius 1 is 1.56 bits per heavy atom. The molecule has 1 N–H and O–H groups in total. The highest BCUT2D eigenvalue weighted by Crippen LogP contribution is 2.28. The van der Waals surface area contributed by atoms with Gasteiger partial charge < -0.3 is 10.2 Å². The molecule has 4 heteroatoms. The molecule has 1 aromatic rings. The van der Waals surface area contributed by atoms with Crippen LogP contribution in [0.3, 0.4) is 0 Å². The quantitative estimate of drug-likeness (QED) is 0.902. The summed E-state index contributed by atoms with van der Waals surface area (Å²) in [6, 6.07) is 8.42. The Labute approximate surface area is 104 Å². The molecule has 1 saturated heterocycles. The maximum absolute atomic E-state index is 8.81. The highest BCUT2D eigenvalue weighted by molar-refractivity contribution is 9.10. The van der Waals surface area contributed by atoms with E-state index in [1.165, 1.54) is 6.42 Å². The summed E-state index contributed by atoms with van der Waals surface area (Å²) in [5.41, 5.74) is 1.83. The molecular formula is C12H14BrN3. The number of hydrogen-bond acceptors (Lipinski definition) is 3. The number of nitrogens with one attached hydrogen (secondary N) is 1. The monoisotopic (exact) mass is 279 g/mol. The molecule has 2 rings (SSSR count). The Bertz CT molecular complexity index is 419. The molecule has 0 aromatic heterocycles. The number of rotatable bonds is 2. The highest BCUT2D eigenvalue weighted by Gasteiger charge is 2.20. The van der Waals surface area contributed by atoms with Crippen molar-refractivity contribution in [2.45, 2.75) is 12.5 Å². The predicted octanol–water partition coefficient (Wildman–Crippen LogP) is 2.12. The summed E-state index contributed by atoms with van der Waals surface area (Å²) in [6.07, 6.45) is 1.17. The Kier molecular flexibility index (Phi) is 3.47. The first-order valence-corrected chi connectivity index (χ1v) is 6.15. The Hall–Kier alpha value is -1.05. The number of nitriles is 1. The second-order valence-electron chi connectivity index (χ2n) is 4.04. The SMILES string of the molecule is CN(c1ccc(C#N)cc1Br)C1CCNC1. The molecule has 1 unspecified atom stereocenters. The van der Waals surface area contributed by atoms with Crippen LogP contribution in [0.15, 0.2) is 22.7 Å². The second kappa shape index (κ2) is 4.86. The van der Waals surface area contributed by atoms with Gasteiger partial charge in [-0.3, -0.25) is 0 Å². The first kappa shape index (κ1) is 11.4. The zero-order valence-electron chi connectivity index (χ0n) is 9.20. The van der Waals surface area contributed by atoms with Gasteiger partial charge in [-0.25, -0.2) is 0 Å². The number of likely N-dealkylation sites (N-methyl/N-ethyl adjacent to an activating group) is 1. The minimum Gasteiger partial charge on any atom is -0.369 e. The zero-order valence-corrected chi connectivity index (χ0v) is 10.8. The van der Waals surface area contributed by atoms with Crippen LogP contribution in [0.1, 0.15) is 12.0 Å². The van der Waals surface area contributed by atoms with Crippen molar-refractivity contribution in [2.24, 2.45) is 0 Å². The molecule has 84 valence electrons. The van der Waals surface area contributed by atoms with E-state index in [0.717, 1.165) is 23.2 Å². The predicted molar refractivity (Wildman–Crippen MR) is 68.5 cm³/mol. The van der Waals surface area contributed by atoms with Crippen LogP contribution < -0.4 is 10.2 Å². The van der Waals surface area contributed by atoms with Gasteiger partial charge in [0.15, 0.2) is 0 Å². The van der Waals surface area contributed by atoms with Gasteiger partial charge in [0.25, 0.3) is 0 Å². The fourth-order valence-electron chi connectivity index (χ4n) is 2.03. The maximum Gasteiger partial charge on any atom is 0.0992 e. The number of nitrogens with zero attached hydrogens (tertiary/aromatic N) is 2. The molecule has 0 amide bonds. The van der Waals surface area contributed by atoms with Crippen molar-refractivity contribution in [2.75, 3.05) is 25.0 Å². The first-order valence-electron chi connectivity index (χ1n) is 5.35. The lowest BCUT2D eigenvalue weighted by Crippen LogP contribution is -2.33. The zero-order chi connectivity index (χ0) is 11.5. The average molecular weight is 280 g/mol. The number of anilines is 1. The van der Waals surface area contributed by atoms with E-state index in [-0.39, 0.29) is 0 Å². The molecule has 0 bridgehead atoms. The first-order chi connectivity index (χ1) is 7.72. The molecule has 1 aliphatic heterocycles. The van der Waals surface area contributed by atoms with E-state index in [9.17, 15) is 0 Å². The number of hydrogen-bond donors (Lipinski definition) is 1. The van der Waals surface area contributed by atoms with Crippen molar-refractivity contribution in [3.05, 3.63) is 28.2 Å². The van der Waals surface area contributed by atoms with Crippen molar-refractivity contribution in [3.63, 3.8) is 0 Å². The van der Waals surface area contributed by atoms with Crippen LogP contribution in [0.4, 0.5) is 5.69 Å². The topological polar surface area (TPSA) is 39.1 Å².